The SMILES string of the molecule is Cc1ccc(C)c(-n2c(SCC(=O)N(CCC#N)Cc3ccco3)nc3ccccc3c2=O)c1. The van der Waals surface area contributed by atoms with Crippen LogP contribution in [0.25, 0.3) is 16.6 Å². The van der Waals surface area contributed by atoms with Gasteiger partial charge in [0, 0.05) is 6.54 Å². The molecule has 8 heteroatoms. The van der Waals surface area contributed by atoms with Crippen molar-refractivity contribution in [2.24, 2.45) is 0 Å². The van der Waals surface area contributed by atoms with Gasteiger partial charge in [-0.15, -0.1) is 0 Å². The fourth-order valence-electron chi connectivity index (χ4n) is 3.67. The van der Waals surface area contributed by atoms with Gasteiger partial charge in [-0.2, -0.15) is 5.26 Å². The van der Waals surface area contributed by atoms with E-state index in [1.807, 2.05) is 44.2 Å². The molecule has 0 aliphatic heterocycles. The van der Waals surface area contributed by atoms with E-state index in [9.17, 15) is 9.59 Å². The predicted octanol–water partition coefficient (Wildman–Crippen LogP) is 4.63. The van der Waals surface area contributed by atoms with Crippen LogP contribution in [-0.4, -0.2) is 32.7 Å². The summed E-state index contributed by atoms with van der Waals surface area (Å²) in [5.74, 6) is 0.556. The zero-order chi connectivity index (χ0) is 24.1. The van der Waals surface area contributed by atoms with Crippen molar-refractivity contribution >= 4 is 28.6 Å². The van der Waals surface area contributed by atoms with Crippen molar-refractivity contribution in [3.8, 4) is 11.8 Å². The molecule has 4 rings (SSSR count). The third-order valence-electron chi connectivity index (χ3n) is 5.45. The van der Waals surface area contributed by atoms with Gasteiger partial charge in [0.2, 0.25) is 5.91 Å². The molecule has 0 unspecified atom stereocenters. The van der Waals surface area contributed by atoms with Gasteiger partial charge in [-0.05, 0) is 55.3 Å². The Morgan fingerprint density at radius 3 is 2.76 bits per heavy atom. The normalized spacial score (nSPS) is 10.9. The molecule has 172 valence electrons. The molecule has 0 saturated carbocycles. The van der Waals surface area contributed by atoms with Crippen molar-refractivity contribution in [1.29, 1.82) is 5.26 Å². The molecule has 4 aromatic rings. The lowest BCUT2D eigenvalue weighted by atomic mass is 10.1. The Hall–Kier alpha value is -3.83. The lowest BCUT2D eigenvalue weighted by molar-refractivity contribution is -0.129. The van der Waals surface area contributed by atoms with E-state index in [1.54, 1.807) is 40.0 Å². The molecule has 2 aromatic carbocycles. The van der Waals surface area contributed by atoms with Gasteiger partial charge in [0.05, 0.1) is 47.6 Å². The maximum Gasteiger partial charge on any atom is 0.266 e. The number of aryl methyl sites for hydroxylation is 2. The van der Waals surface area contributed by atoms with Crippen LogP contribution in [0.1, 0.15) is 23.3 Å². The van der Waals surface area contributed by atoms with Gasteiger partial charge in [0.1, 0.15) is 5.76 Å². The topological polar surface area (TPSA) is 92.1 Å². The first kappa shape index (κ1) is 23.3. The number of nitrogens with zero attached hydrogens (tertiary/aromatic N) is 4. The highest BCUT2D eigenvalue weighted by atomic mass is 32.2. The highest BCUT2D eigenvalue weighted by Crippen LogP contribution is 2.24. The van der Waals surface area contributed by atoms with Gasteiger partial charge in [0.25, 0.3) is 5.56 Å². The van der Waals surface area contributed by atoms with Gasteiger partial charge in [-0.1, -0.05) is 36.0 Å². The second-order valence-corrected chi connectivity index (χ2v) is 8.88. The average Bonchev–Trinajstić information content (AvgIpc) is 3.35. The van der Waals surface area contributed by atoms with Crippen LogP contribution in [0.3, 0.4) is 0 Å². The number of nitriles is 1. The number of hydrogen-bond donors (Lipinski definition) is 0. The molecule has 0 bridgehead atoms. The number of thioether (sulfide) groups is 1. The molecule has 0 fully saturated rings. The largest absolute Gasteiger partial charge is 0.467 e. The number of carbonyl (C=O) groups excluding carboxylic acids is 1. The van der Waals surface area contributed by atoms with Crippen LogP contribution < -0.4 is 5.56 Å². The number of aromatic nitrogens is 2. The smallest absolute Gasteiger partial charge is 0.266 e. The first-order chi connectivity index (χ1) is 16.5. The molecule has 0 atom stereocenters. The Kier molecular flexibility index (Phi) is 7.14. The minimum atomic E-state index is -0.175. The van der Waals surface area contributed by atoms with Crippen molar-refractivity contribution in [2.45, 2.75) is 32.0 Å². The summed E-state index contributed by atoms with van der Waals surface area (Å²) < 4.78 is 6.97. The summed E-state index contributed by atoms with van der Waals surface area (Å²) in [6, 6.07) is 18.8. The Morgan fingerprint density at radius 1 is 1.18 bits per heavy atom. The molecule has 1 amide bonds. The van der Waals surface area contributed by atoms with Gasteiger partial charge in [-0.3, -0.25) is 14.2 Å². The molecule has 34 heavy (non-hydrogen) atoms. The molecule has 0 spiro atoms. The first-order valence-electron chi connectivity index (χ1n) is 10.9. The van der Waals surface area contributed by atoms with Crippen LogP contribution in [0.2, 0.25) is 0 Å². The molecule has 7 nitrogen and oxygen atoms in total. The Labute approximate surface area is 201 Å². The highest BCUT2D eigenvalue weighted by molar-refractivity contribution is 7.99. The third kappa shape index (κ3) is 5.05. The van der Waals surface area contributed by atoms with Crippen LogP contribution >= 0.6 is 11.8 Å². The second-order valence-electron chi connectivity index (χ2n) is 7.93. The van der Waals surface area contributed by atoms with Gasteiger partial charge in [-0.25, -0.2) is 4.98 Å². The summed E-state index contributed by atoms with van der Waals surface area (Å²) in [4.78, 5) is 32.9. The van der Waals surface area contributed by atoms with Crippen LogP contribution in [0.5, 0.6) is 0 Å². The fraction of sp³-hybridized carbons (Fsp3) is 0.231. The first-order valence-corrected chi connectivity index (χ1v) is 11.9. The van der Waals surface area contributed by atoms with E-state index in [2.05, 4.69) is 6.07 Å². The number of furan rings is 1. The summed E-state index contributed by atoms with van der Waals surface area (Å²) >= 11 is 1.22. The lowest BCUT2D eigenvalue weighted by Gasteiger charge is -2.21. The Balaban J connectivity index is 1.69. The van der Waals surface area contributed by atoms with E-state index >= 15 is 0 Å². The lowest BCUT2D eigenvalue weighted by Crippen LogP contribution is -2.33. The van der Waals surface area contributed by atoms with E-state index in [1.165, 1.54) is 11.8 Å². The minimum Gasteiger partial charge on any atom is -0.467 e. The molecule has 2 heterocycles. The number of hydrogen-bond acceptors (Lipinski definition) is 6. The molecule has 0 aliphatic carbocycles. The molecule has 0 radical (unpaired) electrons. The summed E-state index contributed by atoms with van der Waals surface area (Å²) in [5.41, 5.74) is 3.11. The van der Waals surface area contributed by atoms with Crippen molar-refractivity contribution in [2.75, 3.05) is 12.3 Å². The van der Waals surface area contributed by atoms with Gasteiger partial charge < -0.3 is 9.32 Å². The van der Waals surface area contributed by atoms with E-state index in [0.717, 1.165) is 16.8 Å². The van der Waals surface area contributed by atoms with Crippen molar-refractivity contribution in [3.05, 3.63) is 88.1 Å². The third-order valence-corrected chi connectivity index (χ3v) is 6.37. The van der Waals surface area contributed by atoms with Crippen LogP contribution in [-0.2, 0) is 11.3 Å². The number of fused-ring (bicyclic) bond motifs is 1. The van der Waals surface area contributed by atoms with Crippen molar-refractivity contribution < 1.29 is 9.21 Å². The van der Waals surface area contributed by atoms with Gasteiger partial charge >= 0.3 is 0 Å². The summed E-state index contributed by atoms with van der Waals surface area (Å²) in [6.07, 6.45) is 1.78. The van der Waals surface area contributed by atoms with Crippen LogP contribution in [0.4, 0.5) is 0 Å². The van der Waals surface area contributed by atoms with E-state index in [0.29, 0.717) is 28.4 Å². The standard InChI is InChI=1S/C26H24N4O3S/c1-18-10-11-19(2)23(15-18)30-25(32)21-8-3-4-9-22(21)28-26(30)34-17-24(31)29(13-6-12-27)16-20-7-5-14-33-20/h3-5,7-11,14-15H,6,13,16-17H2,1-2H3. The minimum absolute atomic E-state index is 0.0712. The molecular formula is C26H24N4O3S. The second kappa shape index (κ2) is 10.4. The summed E-state index contributed by atoms with van der Waals surface area (Å²) in [5, 5.41) is 9.98. The Morgan fingerprint density at radius 2 is 2.00 bits per heavy atom. The summed E-state index contributed by atoms with van der Waals surface area (Å²) in [6.45, 7) is 4.50. The molecular weight excluding hydrogens is 448 g/mol. The zero-order valence-corrected chi connectivity index (χ0v) is 19.8. The van der Waals surface area contributed by atoms with Crippen LogP contribution in [0.15, 0.2) is 75.2 Å². The van der Waals surface area contributed by atoms with E-state index in [4.69, 9.17) is 14.7 Å². The number of carbonyl (C=O) groups is 1. The van der Waals surface area contributed by atoms with Crippen molar-refractivity contribution in [3.63, 3.8) is 0 Å². The number of amides is 1. The number of para-hydroxylation sites is 1. The fourth-order valence-corrected chi connectivity index (χ4v) is 4.58. The van der Waals surface area contributed by atoms with E-state index < -0.39 is 0 Å². The van der Waals surface area contributed by atoms with E-state index in [-0.39, 0.29) is 30.2 Å². The predicted molar refractivity (Wildman–Crippen MR) is 132 cm³/mol. The average molecular weight is 473 g/mol. The molecule has 2 aromatic heterocycles. The maximum absolute atomic E-state index is 13.5. The molecule has 0 N–H and O–H groups in total. The number of benzene rings is 2. The van der Waals surface area contributed by atoms with Crippen molar-refractivity contribution in [1.82, 2.24) is 14.5 Å². The zero-order valence-electron chi connectivity index (χ0n) is 19.0. The number of rotatable bonds is 8. The molecule has 0 saturated heterocycles. The van der Waals surface area contributed by atoms with Gasteiger partial charge in [0.15, 0.2) is 5.16 Å². The maximum atomic E-state index is 13.5. The quantitative estimate of drug-likeness (QED) is 0.274. The monoisotopic (exact) mass is 472 g/mol. The highest BCUT2D eigenvalue weighted by Gasteiger charge is 2.19. The molecule has 0 aliphatic rings. The Bertz CT molecular complexity index is 1420. The van der Waals surface area contributed by atoms with Crippen LogP contribution in [0, 0.1) is 25.2 Å². The summed E-state index contributed by atoms with van der Waals surface area (Å²) in [7, 11) is 0.